The van der Waals surface area contributed by atoms with Crippen LogP contribution in [0.15, 0.2) is 41.6 Å². The third-order valence-corrected chi connectivity index (χ3v) is 5.40. The molecule has 1 aliphatic heterocycles. The number of carbonyl (C=O) groups excluding carboxylic acids is 1. The van der Waals surface area contributed by atoms with Gasteiger partial charge in [-0.3, -0.25) is 9.52 Å². The van der Waals surface area contributed by atoms with Gasteiger partial charge in [-0.1, -0.05) is 6.07 Å². The van der Waals surface area contributed by atoms with Crippen molar-refractivity contribution in [2.45, 2.75) is 11.3 Å². The number of hydrogen-bond donors (Lipinski definition) is 1. The molecule has 0 radical (unpaired) electrons. The van der Waals surface area contributed by atoms with Gasteiger partial charge in [-0.2, -0.15) is 4.52 Å². The summed E-state index contributed by atoms with van der Waals surface area (Å²) in [4.78, 5) is 17.1. The number of benzene rings is 1. The maximum Gasteiger partial charge on any atom is 0.227 e. The highest BCUT2D eigenvalue weighted by molar-refractivity contribution is 7.97. The Morgan fingerprint density at radius 2 is 2.04 bits per heavy atom. The van der Waals surface area contributed by atoms with E-state index >= 15 is 0 Å². The highest BCUT2D eigenvalue weighted by Crippen LogP contribution is 2.21. The topological polar surface area (TPSA) is 78.7 Å². The van der Waals surface area contributed by atoms with Gasteiger partial charge in [0.2, 0.25) is 5.91 Å². The number of piperazine rings is 1. The van der Waals surface area contributed by atoms with E-state index in [-0.39, 0.29) is 18.1 Å². The molecule has 10 heteroatoms. The lowest BCUT2D eigenvalue weighted by molar-refractivity contribution is -0.130. The molecule has 1 aliphatic rings. The van der Waals surface area contributed by atoms with Crippen LogP contribution in [0.5, 0.6) is 0 Å². The Morgan fingerprint density at radius 1 is 1.21 bits per heavy atom. The molecule has 4 rings (SSSR count). The van der Waals surface area contributed by atoms with Crippen LogP contribution in [0.25, 0.3) is 5.65 Å². The molecule has 0 aliphatic carbocycles. The predicted octanol–water partition coefficient (Wildman–Crippen LogP) is 1.38. The van der Waals surface area contributed by atoms with Crippen molar-refractivity contribution in [2.75, 3.05) is 38.1 Å². The van der Waals surface area contributed by atoms with E-state index < -0.39 is 0 Å². The number of nitrogens with zero attached hydrogens (tertiary/aromatic N) is 6. The number of nitrogens with one attached hydrogen (secondary N) is 1. The van der Waals surface area contributed by atoms with E-state index in [0.717, 1.165) is 11.4 Å². The normalized spacial score (nSPS) is 14.6. The summed E-state index contributed by atoms with van der Waals surface area (Å²) in [5, 5.41) is 12.3. The summed E-state index contributed by atoms with van der Waals surface area (Å²) in [6.07, 6.45) is 1.84. The van der Waals surface area contributed by atoms with Gasteiger partial charge in [0.15, 0.2) is 5.65 Å². The number of fused-ring (bicyclic) bond motifs is 1. The third kappa shape index (κ3) is 3.92. The zero-order valence-electron chi connectivity index (χ0n) is 15.4. The molecule has 1 amide bonds. The van der Waals surface area contributed by atoms with E-state index in [4.69, 9.17) is 0 Å². The molecule has 1 N–H and O–H groups in total. The second-order valence-corrected chi connectivity index (χ2v) is 7.49. The minimum absolute atomic E-state index is 0.0499. The molecule has 8 nitrogen and oxygen atoms in total. The molecule has 0 bridgehead atoms. The van der Waals surface area contributed by atoms with Gasteiger partial charge < -0.3 is 9.80 Å². The monoisotopic (exact) mass is 401 g/mol. The Kier molecular flexibility index (Phi) is 5.40. The van der Waals surface area contributed by atoms with Crippen molar-refractivity contribution >= 4 is 29.3 Å². The van der Waals surface area contributed by atoms with Crippen LogP contribution < -0.4 is 9.62 Å². The molecule has 28 heavy (non-hydrogen) atoms. The quantitative estimate of drug-likeness (QED) is 0.647. The van der Waals surface area contributed by atoms with Gasteiger partial charge in [-0.15, -0.1) is 15.3 Å². The Balaban J connectivity index is 1.36. The minimum Gasteiger partial charge on any atom is -0.352 e. The lowest BCUT2D eigenvalue weighted by atomic mass is 10.1. The van der Waals surface area contributed by atoms with Crippen LogP contribution in [0.2, 0.25) is 0 Å². The summed E-state index contributed by atoms with van der Waals surface area (Å²) >= 11 is 1.20. The molecule has 0 spiro atoms. The summed E-state index contributed by atoms with van der Waals surface area (Å²) in [6.45, 7) is 2.66. The number of halogens is 1. The van der Waals surface area contributed by atoms with Crippen LogP contribution in [-0.2, 0) is 11.2 Å². The Hall–Kier alpha value is -2.72. The molecule has 1 fully saturated rings. The zero-order valence-corrected chi connectivity index (χ0v) is 16.2. The van der Waals surface area contributed by atoms with Crippen LogP contribution >= 0.6 is 11.9 Å². The fraction of sp³-hybridized carbons (Fsp3) is 0.333. The predicted molar refractivity (Wildman–Crippen MR) is 105 cm³/mol. The first kappa shape index (κ1) is 18.6. The SMILES string of the molecule is CNSc1cc(CC(=O)N2CCN(c3ccc4nncn4n3)CC2)ccc1F. The third-order valence-electron chi connectivity index (χ3n) is 4.67. The molecule has 1 aromatic carbocycles. The lowest BCUT2D eigenvalue weighted by Gasteiger charge is -2.35. The summed E-state index contributed by atoms with van der Waals surface area (Å²) < 4.78 is 18.3. The van der Waals surface area contributed by atoms with Crippen LogP contribution in [0.3, 0.4) is 0 Å². The first-order valence-corrected chi connectivity index (χ1v) is 9.77. The summed E-state index contributed by atoms with van der Waals surface area (Å²) in [5.41, 5.74) is 1.51. The molecule has 0 atom stereocenters. The van der Waals surface area contributed by atoms with Gasteiger partial charge in [0.25, 0.3) is 0 Å². The van der Waals surface area contributed by atoms with E-state index in [2.05, 4.69) is 24.9 Å². The summed E-state index contributed by atoms with van der Waals surface area (Å²) in [6, 6.07) is 8.60. The van der Waals surface area contributed by atoms with E-state index in [1.807, 2.05) is 17.0 Å². The molecule has 0 saturated carbocycles. The molecule has 2 aromatic heterocycles. The molecule has 0 unspecified atom stereocenters. The fourth-order valence-corrected chi connectivity index (χ4v) is 3.80. The summed E-state index contributed by atoms with van der Waals surface area (Å²) in [7, 11) is 1.73. The van der Waals surface area contributed by atoms with Crippen molar-refractivity contribution in [1.82, 2.24) is 29.4 Å². The van der Waals surface area contributed by atoms with Crippen molar-refractivity contribution in [3.63, 3.8) is 0 Å². The molecule has 3 aromatic rings. The smallest absolute Gasteiger partial charge is 0.227 e. The van der Waals surface area contributed by atoms with Gasteiger partial charge >= 0.3 is 0 Å². The van der Waals surface area contributed by atoms with Gasteiger partial charge in [-0.25, -0.2) is 4.39 Å². The fourth-order valence-electron chi connectivity index (χ4n) is 3.20. The van der Waals surface area contributed by atoms with Crippen LogP contribution in [0, 0.1) is 5.82 Å². The van der Waals surface area contributed by atoms with Crippen molar-refractivity contribution in [1.29, 1.82) is 0 Å². The Morgan fingerprint density at radius 3 is 2.82 bits per heavy atom. The highest BCUT2D eigenvalue weighted by atomic mass is 32.2. The maximum atomic E-state index is 13.8. The largest absolute Gasteiger partial charge is 0.352 e. The second kappa shape index (κ2) is 8.11. The first-order chi connectivity index (χ1) is 13.6. The van der Waals surface area contributed by atoms with Crippen molar-refractivity contribution in [3.8, 4) is 0 Å². The zero-order chi connectivity index (χ0) is 19.5. The van der Waals surface area contributed by atoms with Crippen LogP contribution in [0.1, 0.15) is 5.56 Å². The first-order valence-electron chi connectivity index (χ1n) is 8.96. The van der Waals surface area contributed by atoms with Gasteiger partial charge in [-0.05, 0) is 48.8 Å². The van der Waals surface area contributed by atoms with Crippen molar-refractivity contribution < 1.29 is 9.18 Å². The average Bonchev–Trinajstić information content (AvgIpc) is 3.18. The highest BCUT2D eigenvalue weighted by Gasteiger charge is 2.22. The minimum atomic E-state index is -0.290. The van der Waals surface area contributed by atoms with Gasteiger partial charge in [0, 0.05) is 26.2 Å². The number of rotatable bonds is 5. The number of aromatic nitrogens is 4. The summed E-state index contributed by atoms with van der Waals surface area (Å²) in [5.74, 6) is 0.599. The molecule has 146 valence electrons. The van der Waals surface area contributed by atoms with E-state index in [9.17, 15) is 9.18 Å². The number of hydrogen-bond acceptors (Lipinski definition) is 7. The molecule has 3 heterocycles. The van der Waals surface area contributed by atoms with Crippen molar-refractivity contribution in [3.05, 3.63) is 48.0 Å². The molecular formula is C18H20FN7OS. The standard InChI is InChI=1S/C18H20FN7OS/c1-20-28-15-10-13(2-3-14(15)19)11-18(27)25-8-6-24(7-9-25)17-5-4-16-22-21-12-26(16)23-17/h2-5,10,12,20H,6-9,11H2,1H3. The Labute approximate surface area is 165 Å². The van der Waals surface area contributed by atoms with Gasteiger partial charge in [0.1, 0.15) is 18.0 Å². The van der Waals surface area contributed by atoms with Crippen LogP contribution in [-0.4, -0.2) is 63.8 Å². The van der Waals surface area contributed by atoms with Gasteiger partial charge in [0.05, 0.1) is 11.3 Å². The second-order valence-electron chi connectivity index (χ2n) is 6.44. The van der Waals surface area contributed by atoms with E-state index in [1.165, 1.54) is 18.0 Å². The maximum absolute atomic E-state index is 13.8. The molecular weight excluding hydrogens is 381 g/mol. The van der Waals surface area contributed by atoms with Crippen LogP contribution in [0.4, 0.5) is 10.2 Å². The number of amides is 1. The Bertz CT molecular complexity index is 987. The average molecular weight is 401 g/mol. The van der Waals surface area contributed by atoms with E-state index in [1.54, 1.807) is 30.0 Å². The van der Waals surface area contributed by atoms with Crippen molar-refractivity contribution in [2.24, 2.45) is 0 Å². The van der Waals surface area contributed by atoms with E-state index in [0.29, 0.717) is 36.7 Å². The molecule has 1 saturated heterocycles. The number of carbonyl (C=O) groups is 1. The lowest BCUT2D eigenvalue weighted by Crippen LogP contribution is -2.49. The number of anilines is 1.